The van der Waals surface area contributed by atoms with Gasteiger partial charge in [0.15, 0.2) is 0 Å². The fourth-order valence-corrected chi connectivity index (χ4v) is 4.24. The molecule has 172 valence electrons. The van der Waals surface area contributed by atoms with E-state index in [4.69, 9.17) is 17.0 Å². The Morgan fingerprint density at radius 3 is 1.76 bits per heavy atom. The SMILES string of the molecule is Cc1cc2c(-c3cc(C(C)(C)C)cc(C(C)(C)C)c3)c(-c3ccccc3)ccc2[cH-]1.[Cl][Zr][Cl]. The summed E-state index contributed by atoms with van der Waals surface area (Å²) < 4.78 is 0. The minimum absolute atomic E-state index is 0.0960. The minimum atomic E-state index is -0.826. The van der Waals surface area contributed by atoms with Gasteiger partial charge in [0.25, 0.3) is 0 Å². The third kappa shape index (κ3) is 6.25. The van der Waals surface area contributed by atoms with E-state index in [-0.39, 0.29) is 10.8 Å². The first kappa shape index (κ1) is 26.3. The Labute approximate surface area is 218 Å². The molecular weight excluding hydrogens is 522 g/mol. The Kier molecular flexibility index (Phi) is 8.43. The van der Waals surface area contributed by atoms with Crippen molar-refractivity contribution in [2.24, 2.45) is 0 Å². The molecule has 0 aromatic heterocycles. The van der Waals surface area contributed by atoms with Crippen molar-refractivity contribution in [3.8, 4) is 22.3 Å². The van der Waals surface area contributed by atoms with Gasteiger partial charge in [0.05, 0.1) is 0 Å². The Morgan fingerprint density at radius 2 is 1.24 bits per heavy atom. The molecular formula is C30H33Cl2Zr-. The fraction of sp³-hybridized carbons (Fsp3) is 0.300. The number of rotatable bonds is 2. The standard InChI is InChI=1S/C30H33.2ClH.Zr/c1-20-15-22-13-14-26(21-11-9-8-10-12-21)28(27(22)16-20)23-17-24(29(2,3)4)19-25(18-23)30(5,6)7;;;/h8-19H,1-7H3;2*1H;/q-1;;;+2/p-2. The Bertz CT molecular complexity index is 1190. The van der Waals surface area contributed by atoms with Crippen molar-refractivity contribution in [2.45, 2.75) is 59.3 Å². The van der Waals surface area contributed by atoms with Crippen LogP contribution < -0.4 is 0 Å². The van der Waals surface area contributed by atoms with Crippen molar-refractivity contribution < 1.29 is 20.8 Å². The van der Waals surface area contributed by atoms with E-state index in [0.717, 1.165) is 0 Å². The van der Waals surface area contributed by atoms with Crippen LogP contribution in [-0.4, -0.2) is 0 Å². The quantitative estimate of drug-likeness (QED) is 0.216. The first-order valence-electron chi connectivity index (χ1n) is 11.3. The zero-order valence-corrected chi connectivity index (χ0v) is 24.7. The second-order valence-corrected chi connectivity index (χ2v) is 14.5. The van der Waals surface area contributed by atoms with Gasteiger partial charge < -0.3 is 0 Å². The molecule has 4 aromatic carbocycles. The molecule has 0 atom stereocenters. The second kappa shape index (κ2) is 10.6. The molecule has 0 unspecified atom stereocenters. The fourth-order valence-electron chi connectivity index (χ4n) is 4.24. The maximum absolute atomic E-state index is 4.93. The van der Waals surface area contributed by atoms with Gasteiger partial charge >= 0.3 is 37.9 Å². The normalized spacial score (nSPS) is 11.8. The molecule has 0 saturated carbocycles. The third-order valence-electron chi connectivity index (χ3n) is 6.07. The zero-order chi connectivity index (χ0) is 24.4. The van der Waals surface area contributed by atoms with E-state index in [1.54, 1.807) is 0 Å². The number of aryl methyl sites for hydroxylation is 1. The van der Waals surface area contributed by atoms with Crippen molar-refractivity contribution >= 4 is 27.8 Å². The van der Waals surface area contributed by atoms with E-state index < -0.39 is 20.8 Å². The molecule has 0 spiro atoms. The Morgan fingerprint density at radius 1 is 0.697 bits per heavy atom. The van der Waals surface area contributed by atoms with E-state index >= 15 is 0 Å². The van der Waals surface area contributed by atoms with E-state index in [1.165, 1.54) is 49.7 Å². The predicted octanol–water partition coefficient (Wildman–Crippen LogP) is 10.2. The summed E-state index contributed by atoms with van der Waals surface area (Å²) in [4.78, 5) is 0. The molecule has 0 aliphatic rings. The first-order valence-corrected chi connectivity index (χ1v) is 17.7. The Balaban J connectivity index is 0.000000968. The topological polar surface area (TPSA) is 0 Å². The van der Waals surface area contributed by atoms with Crippen LogP contribution in [0.15, 0.2) is 72.8 Å². The summed E-state index contributed by atoms with van der Waals surface area (Å²) in [6, 6.07) is 27.2. The molecule has 0 N–H and O–H groups in total. The summed E-state index contributed by atoms with van der Waals surface area (Å²) in [5, 5.41) is 2.67. The molecule has 4 aromatic rings. The van der Waals surface area contributed by atoms with Crippen LogP contribution in [0.2, 0.25) is 0 Å². The molecule has 0 fully saturated rings. The summed E-state index contributed by atoms with van der Waals surface area (Å²) in [5.41, 5.74) is 9.54. The monoisotopic (exact) mass is 553 g/mol. The first-order chi connectivity index (χ1) is 15.5. The van der Waals surface area contributed by atoms with Gasteiger partial charge in [-0.3, -0.25) is 0 Å². The summed E-state index contributed by atoms with van der Waals surface area (Å²) in [7, 11) is 9.87. The van der Waals surface area contributed by atoms with Crippen molar-refractivity contribution in [1.82, 2.24) is 0 Å². The summed E-state index contributed by atoms with van der Waals surface area (Å²) in [6.07, 6.45) is 0. The van der Waals surface area contributed by atoms with Crippen LogP contribution in [0.4, 0.5) is 0 Å². The number of halogens is 2. The molecule has 0 nitrogen and oxygen atoms in total. The third-order valence-corrected chi connectivity index (χ3v) is 6.07. The van der Waals surface area contributed by atoms with Crippen LogP contribution in [0.1, 0.15) is 58.2 Å². The van der Waals surface area contributed by atoms with Crippen molar-refractivity contribution in [3.05, 3.63) is 89.5 Å². The maximum atomic E-state index is 4.93. The van der Waals surface area contributed by atoms with Crippen LogP contribution in [0.5, 0.6) is 0 Å². The van der Waals surface area contributed by atoms with Crippen LogP contribution in [0, 0.1) is 6.92 Å². The molecule has 3 heteroatoms. The zero-order valence-electron chi connectivity index (χ0n) is 20.7. The molecule has 0 aliphatic carbocycles. The average molecular weight is 556 g/mol. The van der Waals surface area contributed by atoms with Gasteiger partial charge in [0.1, 0.15) is 0 Å². The van der Waals surface area contributed by atoms with Crippen LogP contribution >= 0.6 is 17.0 Å². The van der Waals surface area contributed by atoms with Gasteiger partial charge in [0.2, 0.25) is 0 Å². The number of hydrogen-bond donors (Lipinski definition) is 0. The summed E-state index contributed by atoms with van der Waals surface area (Å²) in [6.45, 7) is 16.0. The van der Waals surface area contributed by atoms with E-state index in [0.29, 0.717) is 0 Å². The number of benzene rings is 3. The van der Waals surface area contributed by atoms with Crippen molar-refractivity contribution in [1.29, 1.82) is 0 Å². The molecule has 0 aliphatic heterocycles. The van der Waals surface area contributed by atoms with Crippen LogP contribution in [0.3, 0.4) is 0 Å². The summed E-state index contributed by atoms with van der Waals surface area (Å²) in [5.74, 6) is 0. The van der Waals surface area contributed by atoms with Crippen molar-refractivity contribution in [2.75, 3.05) is 0 Å². The van der Waals surface area contributed by atoms with Gasteiger partial charge in [-0.15, -0.1) is 28.5 Å². The van der Waals surface area contributed by atoms with Crippen molar-refractivity contribution in [3.63, 3.8) is 0 Å². The molecule has 0 bridgehead atoms. The van der Waals surface area contributed by atoms with Gasteiger partial charge in [-0.25, -0.2) is 0 Å². The summed E-state index contributed by atoms with van der Waals surface area (Å²) >= 11 is -0.826. The second-order valence-electron chi connectivity index (χ2n) is 10.8. The number of hydrogen-bond acceptors (Lipinski definition) is 0. The van der Waals surface area contributed by atoms with Gasteiger partial charge in [-0.05, 0) is 38.6 Å². The molecule has 0 radical (unpaired) electrons. The molecule has 4 rings (SSSR count). The van der Waals surface area contributed by atoms with Gasteiger partial charge in [0, 0.05) is 0 Å². The van der Waals surface area contributed by atoms with Gasteiger partial charge in [-0.1, -0.05) is 109 Å². The van der Waals surface area contributed by atoms with E-state index in [2.05, 4.69) is 121 Å². The van der Waals surface area contributed by atoms with E-state index in [9.17, 15) is 0 Å². The molecule has 33 heavy (non-hydrogen) atoms. The van der Waals surface area contributed by atoms with Gasteiger partial charge in [-0.2, -0.15) is 6.07 Å². The molecule has 0 heterocycles. The Hall–Kier alpha value is -1.27. The number of fused-ring (bicyclic) bond motifs is 1. The molecule has 0 saturated heterocycles. The van der Waals surface area contributed by atoms with E-state index in [1.807, 2.05) is 0 Å². The van der Waals surface area contributed by atoms with Crippen LogP contribution in [-0.2, 0) is 31.7 Å². The average Bonchev–Trinajstić information content (AvgIpc) is 3.13. The predicted molar refractivity (Wildman–Crippen MR) is 144 cm³/mol. The molecule has 0 amide bonds. The van der Waals surface area contributed by atoms with Crippen LogP contribution in [0.25, 0.3) is 33.0 Å².